The molecule has 1 aromatic carbocycles. The molecule has 5 heteroatoms. The Morgan fingerprint density at radius 2 is 2.06 bits per heavy atom. The first-order valence-corrected chi connectivity index (χ1v) is 6.81. The van der Waals surface area contributed by atoms with Crippen molar-refractivity contribution >= 4 is 10.0 Å². The average Bonchev–Trinajstić information content (AvgIpc) is 2.29. The van der Waals surface area contributed by atoms with Crippen LogP contribution in [0, 0.1) is 31.1 Å². The Balaban J connectivity index is 2.98. The highest BCUT2D eigenvalue weighted by Crippen LogP contribution is 2.16. The molecule has 17 heavy (non-hydrogen) atoms. The molecule has 0 bridgehead atoms. The Bertz CT molecular complexity index is 544. The van der Waals surface area contributed by atoms with Gasteiger partial charge in [0.15, 0.2) is 0 Å². The second kappa shape index (κ2) is 5.30. The number of nitrogens with one attached hydrogen (secondary N) is 1. The fraction of sp³-hybridized carbons (Fsp3) is 0.417. The molecule has 0 heterocycles. The SMILES string of the molecule is Cc1ccc(C)c(S(=O)(=O)NCC(C)C#N)c1. The fourth-order valence-corrected chi connectivity index (χ4v) is 2.81. The molecule has 4 nitrogen and oxygen atoms in total. The summed E-state index contributed by atoms with van der Waals surface area (Å²) < 4.78 is 26.5. The number of benzene rings is 1. The van der Waals surface area contributed by atoms with E-state index >= 15 is 0 Å². The summed E-state index contributed by atoms with van der Waals surface area (Å²) in [4.78, 5) is 0.280. The lowest BCUT2D eigenvalue weighted by atomic mass is 10.2. The maximum Gasteiger partial charge on any atom is 0.240 e. The van der Waals surface area contributed by atoms with Gasteiger partial charge in [-0.2, -0.15) is 5.26 Å². The van der Waals surface area contributed by atoms with E-state index in [9.17, 15) is 8.42 Å². The van der Waals surface area contributed by atoms with Crippen molar-refractivity contribution in [1.29, 1.82) is 5.26 Å². The number of hydrogen-bond acceptors (Lipinski definition) is 3. The smallest absolute Gasteiger partial charge is 0.210 e. The molecule has 0 aliphatic rings. The molecule has 0 saturated heterocycles. The highest BCUT2D eigenvalue weighted by Gasteiger charge is 2.17. The molecule has 92 valence electrons. The Kier molecular flexibility index (Phi) is 4.27. The van der Waals surface area contributed by atoms with Crippen LogP contribution in [0.5, 0.6) is 0 Å². The minimum atomic E-state index is -3.52. The van der Waals surface area contributed by atoms with E-state index in [-0.39, 0.29) is 17.4 Å². The number of nitriles is 1. The van der Waals surface area contributed by atoms with Crippen LogP contribution in [0.1, 0.15) is 18.1 Å². The summed E-state index contributed by atoms with van der Waals surface area (Å²) in [6.07, 6.45) is 0. The van der Waals surface area contributed by atoms with Gasteiger partial charge in [-0.05, 0) is 38.0 Å². The van der Waals surface area contributed by atoms with Crippen molar-refractivity contribution < 1.29 is 8.42 Å². The van der Waals surface area contributed by atoms with Crippen molar-refractivity contribution in [3.8, 4) is 6.07 Å². The van der Waals surface area contributed by atoms with Gasteiger partial charge in [0.2, 0.25) is 10.0 Å². The molecule has 1 unspecified atom stereocenters. The average molecular weight is 252 g/mol. The predicted octanol–water partition coefficient (Wildman–Crippen LogP) is 1.74. The maximum absolute atomic E-state index is 12.0. The van der Waals surface area contributed by atoms with Gasteiger partial charge in [0.05, 0.1) is 16.9 Å². The van der Waals surface area contributed by atoms with Crippen LogP contribution in [0.3, 0.4) is 0 Å². The summed E-state index contributed by atoms with van der Waals surface area (Å²) in [5, 5.41) is 8.62. The van der Waals surface area contributed by atoms with Gasteiger partial charge in [0, 0.05) is 6.54 Å². The summed E-state index contributed by atoms with van der Waals surface area (Å²) in [5.74, 6) is -0.338. The van der Waals surface area contributed by atoms with Crippen LogP contribution in [0.4, 0.5) is 0 Å². The quantitative estimate of drug-likeness (QED) is 0.887. The fourth-order valence-electron chi connectivity index (χ4n) is 1.35. The van der Waals surface area contributed by atoms with E-state index in [1.54, 1.807) is 26.0 Å². The second-order valence-corrected chi connectivity index (χ2v) is 5.89. The summed E-state index contributed by atoms with van der Waals surface area (Å²) in [6.45, 7) is 5.40. The van der Waals surface area contributed by atoms with Crippen molar-refractivity contribution in [2.24, 2.45) is 5.92 Å². The zero-order chi connectivity index (χ0) is 13.1. The summed E-state index contributed by atoms with van der Waals surface area (Å²) >= 11 is 0. The van der Waals surface area contributed by atoms with Crippen LogP contribution in [0.25, 0.3) is 0 Å². The zero-order valence-electron chi connectivity index (χ0n) is 10.2. The molecule has 1 N–H and O–H groups in total. The third-order valence-corrected chi connectivity index (χ3v) is 4.00. The zero-order valence-corrected chi connectivity index (χ0v) is 11.0. The van der Waals surface area contributed by atoms with Gasteiger partial charge in [0.25, 0.3) is 0 Å². The summed E-state index contributed by atoms with van der Waals surface area (Å²) in [5.41, 5.74) is 1.59. The molecule has 0 aromatic heterocycles. The first kappa shape index (κ1) is 13.7. The molecule has 0 amide bonds. The topological polar surface area (TPSA) is 70.0 Å². The lowest BCUT2D eigenvalue weighted by molar-refractivity contribution is 0.572. The number of aryl methyl sites for hydroxylation is 2. The number of rotatable bonds is 4. The molecule has 0 saturated carbocycles. The van der Waals surface area contributed by atoms with E-state index in [1.807, 2.05) is 19.1 Å². The molecule has 0 aliphatic heterocycles. The van der Waals surface area contributed by atoms with E-state index in [0.717, 1.165) is 5.56 Å². The molecule has 1 rings (SSSR count). The van der Waals surface area contributed by atoms with Gasteiger partial charge >= 0.3 is 0 Å². The van der Waals surface area contributed by atoms with E-state index in [1.165, 1.54) is 0 Å². The Morgan fingerprint density at radius 1 is 1.41 bits per heavy atom. The first-order chi connectivity index (χ1) is 7.86. The third kappa shape index (κ3) is 3.55. The number of nitrogens with zero attached hydrogens (tertiary/aromatic N) is 1. The molecular weight excluding hydrogens is 236 g/mol. The van der Waals surface area contributed by atoms with Crippen molar-refractivity contribution in [2.75, 3.05) is 6.54 Å². The minimum absolute atomic E-state index is 0.131. The normalized spacial score (nSPS) is 13.1. The standard InChI is InChI=1S/C12H16N2O2S/c1-9-4-5-11(3)12(6-9)17(15,16)14-8-10(2)7-13/h4-6,10,14H,8H2,1-3H3. The predicted molar refractivity (Wildman–Crippen MR) is 65.9 cm³/mol. The van der Waals surface area contributed by atoms with E-state index in [0.29, 0.717) is 5.56 Å². The second-order valence-electron chi connectivity index (χ2n) is 4.15. The minimum Gasteiger partial charge on any atom is -0.210 e. The molecule has 1 atom stereocenters. The molecular formula is C12H16N2O2S. The van der Waals surface area contributed by atoms with Gasteiger partial charge in [-0.1, -0.05) is 12.1 Å². The highest BCUT2D eigenvalue weighted by molar-refractivity contribution is 7.89. The van der Waals surface area contributed by atoms with Gasteiger partial charge < -0.3 is 0 Å². The first-order valence-electron chi connectivity index (χ1n) is 5.33. The summed E-state index contributed by atoms with van der Waals surface area (Å²) in [6, 6.07) is 7.26. The summed E-state index contributed by atoms with van der Waals surface area (Å²) in [7, 11) is -3.52. The Morgan fingerprint density at radius 3 is 2.65 bits per heavy atom. The lowest BCUT2D eigenvalue weighted by Crippen LogP contribution is -2.28. The molecule has 0 fully saturated rings. The van der Waals surface area contributed by atoms with Gasteiger partial charge in [0.1, 0.15) is 0 Å². The van der Waals surface area contributed by atoms with Crippen molar-refractivity contribution in [3.63, 3.8) is 0 Å². The van der Waals surface area contributed by atoms with Crippen molar-refractivity contribution in [2.45, 2.75) is 25.7 Å². The van der Waals surface area contributed by atoms with Crippen LogP contribution >= 0.6 is 0 Å². The number of sulfonamides is 1. The monoisotopic (exact) mass is 252 g/mol. The molecule has 0 radical (unpaired) electrons. The molecule has 0 spiro atoms. The lowest BCUT2D eigenvalue weighted by Gasteiger charge is -2.10. The van der Waals surface area contributed by atoms with Crippen molar-refractivity contribution in [1.82, 2.24) is 4.72 Å². The Labute approximate surface area is 102 Å². The highest BCUT2D eigenvalue weighted by atomic mass is 32.2. The van der Waals surface area contributed by atoms with Crippen LogP contribution in [-0.2, 0) is 10.0 Å². The third-order valence-electron chi connectivity index (χ3n) is 2.43. The van der Waals surface area contributed by atoms with Gasteiger partial charge in [-0.25, -0.2) is 13.1 Å². The van der Waals surface area contributed by atoms with Gasteiger partial charge in [-0.15, -0.1) is 0 Å². The molecule has 0 aliphatic carbocycles. The van der Waals surface area contributed by atoms with Crippen LogP contribution in [0.15, 0.2) is 23.1 Å². The van der Waals surface area contributed by atoms with Crippen LogP contribution < -0.4 is 4.72 Å². The number of hydrogen-bond donors (Lipinski definition) is 1. The Hall–Kier alpha value is -1.38. The van der Waals surface area contributed by atoms with Crippen molar-refractivity contribution in [3.05, 3.63) is 29.3 Å². The van der Waals surface area contributed by atoms with E-state index < -0.39 is 10.0 Å². The van der Waals surface area contributed by atoms with Gasteiger partial charge in [-0.3, -0.25) is 0 Å². The molecule has 1 aromatic rings. The maximum atomic E-state index is 12.0. The van der Waals surface area contributed by atoms with Crippen LogP contribution in [0.2, 0.25) is 0 Å². The largest absolute Gasteiger partial charge is 0.240 e. The van der Waals surface area contributed by atoms with Crippen LogP contribution in [-0.4, -0.2) is 15.0 Å². The van der Waals surface area contributed by atoms with E-state index in [4.69, 9.17) is 5.26 Å². The van der Waals surface area contributed by atoms with E-state index in [2.05, 4.69) is 4.72 Å².